The van der Waals surface area contributed by atoms with E-state index in [1.165, 1.54) is 4.90 Å². The maximum absolute atomic E-state index is 12.3. The van der Waals surface area contributed by atoms with E-state index in [1.807, 2.05) is 39.0 Å². The van der Waals surface area contributed by atoms with Gasteiger partial charge in [0, 0.05) is 19.7 Å². The Labute approximate surface area is 181 Å². The molecule has 2 aromatic rings. The zero-order valence-electron chi connectivity index (χ0n) is 18.4. The molecule has 0 atom stereocenters. The van der Waals surface area contributed by atoms with E-state index >= 15 is 0 Å². The minimum absolute atomic E-state index is 0.0938. The first-order chi connectivity index (χ1) is 14.8. The molecule has 0 saturated carbocycles. The molecule has 0 spiro atoms. The first-order valence-corrected chi connectivity index (χ1v) is 9.98. The van der Waals surface area contributed by atoms with Crippen LogP contribution in [-0.2, 0) is 14.3 Å². The van der Waals surface area contributed by atoms with Crippen molar-refractivity contribution in [3.8, 4) is 11.5 Å². The van der Waals surface area contributed by atoms with Crippen molar-refractivity contribution in [2.45, 2.75) is 20.8 Å². The molecule has 1 heterocycles. The van der Waals surface area contributed by atoms with Crippen molar-refractivity contribution < 1.29 is 23.8 Å². The monoisotopic (exact) mass is 422 g/mol. The molecular weight excluding hydrogens is 396 g/mol. The fraction of sp³-hybridized carbons (Fsp3) is 0.292. The predicted octanol–water partition coefficient (Wildman–Crippen LogP) is 3.51. The van der Waals surface area contributed by atoms with E-state index in [0.717, 1.165) is 16.7 Å². The van der Waals surface area contributed by atoms with E-state index in [0.29, 0.717) is 23.7 Å². The van der Waals surface area contributed by atoms with Gasteiger partial charge in [-0.05, 0) is 67.8 Å². The highest BCUT2D eigenvalue weighted by Gasteiger charge is 2.24. The van der Waals surface area contributed by atoms with Gasteiger partial charge in [0.1, 0.15) is 0 Å². The van der Waals surface area contributed by atoms with Gasteiger partial charge in [0.15, 0.2) is 23.8 Å². The number of hydrogen-bond acceptors (Lipinski definition) is 6. The number of carbonyl (C=O) groups is 2. The number of amides is 1. The van der Waals surface area contributed by atoms with Gasteiger partial charge in [0.2, 0.25) is 5.90 Å². The second-order valence-corrected chi connectivity index (χ2v) is 7.35. The molecule has 0 unspecified atom stereocenters. The summed E-state index contributed by atoms with van der Waals surface area (Å²) in [6.45, 7) is 6.21. The van der Waals surface area contributed by atoms with Gasteiger partial charge >= 0.3 is 5.97 Å². The summed E-state index contributed by atoms with van der Waals surface area (Å²) in [4.78, 5) is 29.9. The molecule has 7 nitrogen and oxygen atoms in total. The van der Waals surface area contributed by atoms with Crippen molar-refractivity contribution in [2.24, 2.45) is 4.99 Å². The number of aryl methyl sites for hydroxylation is 2. The lowest BCUT2D eigenvalue weighted by Crippen LogP contribution is -2.27. The maximum atomic E-state index is 12.3. The van der Waals surface area contributed by atoms with E-state index in [2.05, 4.69) is 4.99 Å². The van der Waals surface area contributed by atoms with Gasteiger partial charge < -0.3 is 19.1 Å². The number of rotatable bonds is 7. The van der Waals surface area contributed by atoms with Crippen LogP contribution in [0.3, 0.4) is 0 Å². The van der Waals surface area contributed by atoms with E-state index < -0.39 is 5.97 Å². The Balaban J connectivity index is 1.85. The molecule has 1 amide bonds. The lowest BCUT2D eigenvalue weighted by molar-refractivity contribution is -0.131. The molecule has 2 aromatic carbocycles. The molecule has 7 heteroatoms. The average Bonchev–Trinajstić information content (AvgIpc) is 3.09. The van der Waals surface area contributed by atoms with E-state index in [9.17, 15) is 9.59 Å². The summed E-state index contributed by atoms with van der Waals surface area (Å²) in [7, 11) is 3.33. The quantitative estimate of drug-likeness (QED) is 0.504. The van der Waals surface area contributed by atoms with Crippen LogP contribution in [0.2, 0.25) is 0 Å². The van der Waals surface area contributed by atoms with Crippen LogP contribution >= 0.6 is 0 Å². The zero-order chi connectivity index (χ0) is 22.5. The molecule has 1 aliphatic heterocycles. The van der Waals surface area contributed by atoms with Crippen LogP contribution < -0.4 is 9.47 Å². The molecule has 162 valence electrons. The van der Waals surface area contributed by atoms with E-state index in [4.69, 9.17) is 14.2 Å². The number of cyclic esters (lactones) is 1. The standard InChI is InChI=1S/C24H26N2O5/c1-6-29-21-13-17(8-10-20(21)30-14-22(27)26(4)5)12-19-24(28)31-23(25-19)18-9-7-15(2)16(3)11-18/h7-13H,6,14H2,1-5H3/b19-12+. The molecule has 1 aliphatic rings. The molecule has 0 aliphatic carbocycles. The predicted molar refractivity (Wildman–Crippen MR) is 118 cm³/mol. The Morgan fingerprint density at radius 3 is 2.52 bits per heavy atom. The van der Waals surface area contributed by atoms with Gasteiger partial charge in [0.05, 0.1) is 6.61 Å². The molecule has 0 fully saturated rings. The average molecular weight is 422 g/mol. The number of ether oxygens (including phenoxy) is 3. The summed E-state index contributed by atoms with van der Waals surface area (Å²) in [5, 5.41) is 0. The number of likely N-dealkylation sites (N-methyl/N-ethyl adjacent to an activating group) is 1. The molecule has 3 rings (SSSR count). The number of hydrogen-bond donors (Lipinski definition) is 0. The maximum Gasteiger partial charge on any atom is 0.363 e. The van der Waals surface area contributed by atoms with Gasteiger partial charge in [-0.15, -0.1) is 0 Å². The van der Waals surface area contributed by atoms with Crippen molar-refractivity contribution >= 4 is 23.9 Å². The number of aliphatic imine (C=N–C) groups is 1. The number of nitrogens with zero attached hydrogens (tertiary/aromatic N) is 2. The lowest BCUT2D eigenvalue weighted by Gasteiger charge is -2.14. The van der Waals surface area contributed by atoms with Gasteiger partial charge in [-0.2, -0.15) is 0 Å². The molecule has 0 saturated heterocycles. The summed E-state index contributed by atoms with van der Waals surface area (Å²) in [6.07, 6.45) is 1.63. The fourth-order valence-electron chi connectivity index (χ4n) is 2.84. The smallest absolute Gasteiger partial charge is 0.363 e. The largest absolute Gasteiger partial charge is 0.490 e. The van der Waals surface area contributed by atoms with Crippen LogP contribution in [0.15, 0.2) is 47.1 Å². The minimum atomic E-state index is -0.511. The normalized spacial score (nSPS) is 14.3. The molecule has 0 bridgehead atoms. The zero-order valence-corrected chi connectivity index (χ0v) is 18.4. The van der Waals surface area contributed by atoms with Crippen molar-refractivity contribution in [1.82, 2.24) is 4.90 Å². The van der Waals surface area contributed by atoms with Crippen LogP contribution in [0.25, 0.3) is 6.08 Å². The number of benzene rings is 2. The minimum Gasteiger partial charge on any atom is -0.490 e. The first kappa shape index (κ1) is 22.1. The van der Waals surface area contributed by atoms with Crippen molar-refractivity contribution in [3.05, 3.63) is 64.3 Å². The third-order valence-corrected chi connectivity index (χ3v) is 4.80. The van der Waals surface area contributed by atoms with Gasteiger partial charge in [-0.3, -0.25) is 4.79 Å². The third kappa shape index (κ3) is 5.31. The Kier molecular flexibility index (Phi) is 6.74. The van der Waals surface area contributed by atoms with Crippen LogP contribution in [0.4, 0.5) is 0 Å². The highest BCUT2D eigenvalue weighted by molar-refractivity contribution is 6.12. The van der Waals surface area contributed by atoms with Gasteiger partial charge in [0.25, 0.3) is 5.91 Å². The highest BCUT2D eigenvalue weighted by atomic mass is 16.6. The molecular formula is C24H26N2O5. The Hall–Kier alpha value is -3.61. The van der Waals surface area contributed by atoms with Crippen molar-refractivity contribution in [2.75, 3.05) is 27.3 Å². The van der Waals surface area contributed by atoms with Crippen LogP contribution in [0.5, 0.6) is 11.5 Å². The van der Waals surface area contributed by atoms with E-state index in [1.54, 1.807) is 38.4 Å². The summed E-state index contributed by atoms with van der Waals surface area (Å²) >= 11 is 0. The van der Waals surface area contributed by atoms with Gasteiger partial charge in [-0.25, -0.2) is 9.79 Å². The van der Waals surface area contributed by atoms with Gasteiger partial charge in [-0.1, -0.05) is 12.1 Å². The summed E-state index contributed by atoms with van der Waals surface area (Å²) in [5.74, 6) is 0.547. The second-order valence-electron chi connectivity index (χ2n) is 7.35. The fourth-order valence-corrected chi connectivity index (χ4v) is 2.84. The molecule has 0 radical (unpaired) electrons. The van der Waals surface area contributed by atoms with Crippen molar-refractivity contribution in [3.63, 3.8) is 0 Å². The summed E-state index contributed by atoms with van der Waals surface area (Å²) < 4.78 is 16.6. The molecule has 31 heavy (non-hydrogen) atoms. The Morgan fingerprint density at radius 1 is 1.06 bits per heavy atom. The summed E-state index contributed by atoms with van der Waals surface area (Å²) in [6, 6.07) is 11.0. The summed E-state index contributed by atoms with van der Waals surface area (Å²) in [5.41, 5.74) is 3.91. The third-order valence-electron chi connectivity index (χ3n) is 4.80. The second kappa shape index (κ2) is 9.47. The number of esters is 1. The SMILES string of the molecule is CCOc1cc(/C=C2/N=C(c3ccc(C)c(C)c3)OC2=O)ccc1OCC(=O)N(C)C. The number of carbonyl (C=O) groups excluding carboxylic acids is 2. The Bertz CT molecular complexity index is 1070. The van der Waals surface area contributed by atoms with Crippen molar-refractivity contribution in [1.29, 1.82) is 0 Å². The topological polar surface area (TPSA) is 77.4 Å². The highest BCUT2D eigenvalue weighted by Crippen LogP contribution is 2.30. The van der Waals surface area contributed by atoms with E-state index in [-0.39, 0.29) is 24.1 Å². The lowest BCUT2D eigenvalue weighted by atomic mass is 10.1. The Morgan fingerprint density at radius 2 is 1.84 bits per heavy atom. The first-order valence-electron chi connectivity index (χ1n) is 9.98. The molecule has 0 aromatic heterocycles. The molecule has 0 N–H and O–H groups in total. The van der Waals surface area contributed by atoms with Crippen LogP contribution in [-0.4, -0.2) is 50.0 Å². The van der Waals surface area contributed by atoms with Crippen LogP contribution in [0.1, 0.15) is 29.2 Å². The van der Waals surface area contributed by atoms with Crippen LogP contribution in [0, 0.1) is 13.8 Å².